The molecular formula is C29H27N7O. The van der Waals surface area contributed by atoms with Gasteiger partial charge in [0.25, 0.3) is 0 Å². The van der Waals surface area contributed by atoms with Crippen LogP contribution in [0.5, 0.6) is 0 Å². The summed E-state index contributed by atoms with van der Waals surface area (Å²) in [6.07, 6.45) is 16.4. The van der Waals surface area contributed by atoms with E-state index in [9.17, 15) is 0 Å². The van der Waals surface area contributed by atoms with Gasteiger partial charge in [0, 0.05) is 58.8 Å². The highest BCUT2D eigenvalue weighted by Crippen LogP contribution is 2.34. The van der Waals surface area contributed by atoms with E-state index in [1.54, 1.807) is 18.7 Å². The second kappa shape index (κ2) is 9.29. The van der Waals surface area contributed by atoms with Crippen molar-refractivity contribution in [2.75, 3.05) is 6.54 Å². The molecule has 1 fully saturated rings. The van der Waals surface area contributed by atoms with E-state index in [-0.39, 0.29) is 0 Å². The van der Waals surface area contributed by atoms with E-state index in [2.05, 4.69) is 53.6 Å². The Morgan fingerprint density at radius 1 is 0.919 bits per heavy atom. The molecule has 37 heavy (non-hydrogen) atoms. The fourth-order valence-electron chi connectivity index (χ4n) is 5.47. The highest BCUT2D eigenvalue weighted by molar-refractivity contribution is 5.99. The van der Waals surface area contributed by atoms with Gasteiger partial charge in [0.1, 0.15) is 11.3 Å². The number of hydrogen-bond acceptors (Lipinski definition) is 6. The summed E-state index contributed by atoms with van der Waals surface area (Å²) in [6.45, 7) is 1.91. The zero-order valence-corrected chi connectivity index (χ0v) is 20.4. The molecule has 0 spiro atoms. The molecule has 0 amide bonds. The number of fused-ring (bicyclic) bond motifs is 2. The predicted molar refractivity (Wildman–Crippen MR) is 144 cm³/mol. The van der Waals surface area contributed by atoms with E-state index in [0.717, 1.165) is 74.7 Å². The van der Waals surface area contributed by atoms with Gasteiger partial charge in [-0.2, -0.15) is 5.10 Å². The quantitative estimate of drug-likeness (QED) is 0.250. The van der Waals surface area contributed by atoms with Gasteiger partial charge in [-0.3, -0.25) is 10.1 Å². The number of furan rings is 1. The zero-order valence-electron chi connectivity index (χ0n) is 20.4. The van der Waals surface area contributed by atoms with Crippen LogP contribution in [0.4, 0.5) is 0 Å². The van der Waals surface area contributed by atoms with Crippen molar-refractivity contribution < 1.29 is 4.42 Å². The Morgan fingerprint density at radius 3 is 2.73 bits per heavy atom. The fourth-order valence-corrected chi connectivity index (χ4v) is 5.47. The van der Waals surface area contributed by atoms with Crippen LogP contribution < -0.4 is 5.32 Å². The molecule has 1 saturated carbocycles. The first-order chi connectivity index (χ1) is 18.3. The van der Waals surface area contributed by atoms with Gasteiger partial charge in [-0.25, -0.2) is 9.97 Å². The molecule has 184 valence electrons. The van der Waals surface area contributed by atoms with Gasteiger partial charge in [-0.1, -0.05) is 12.8 Å². The summed E-state index contributed by atoms with van der Waals surface area (Å²) in [5.74, 6) is 0.817. The number of nitrogens with one attached hydrogen (secondary N) is 3. The first kappa shape index (κ1) is 21.9. The monoisotopic (exact) mass is 489 g/mol. The Kier molecular flexibility index (Phi) is 5.51. The van der Waals surface area contributed by atoms with Crippen LogP contribution in [0.3, 0.4) is 0 Å². The number of aromatic nitrogens is 6. The molecule has 6 aromatic heterocycles. The van der Waals surface area contributed by atoms with Crippen LogP contribution in [0.2, 0.25) is 0 Å². The van der Waals surface area contributed by atoms with Gasteiger partial charge in [0.15, 0.2) is 5.65 Å². The van der Waals surface area contributed by atoms with E-state index >= 15 is 0 Å². The van der Waals surface area contributed by atoms with E-state index in [1.165, 1.54) is 31.2 Å². The third kappa shape index (κ3) is 4.19. The average Bonchev–Trinajstić information content (AvgIpc) is 3.74. The molecule has 8 nitrogen and oxygen atoms in total. The van der Waals surface area contributed by atoms with Crippen LogP contribution in [-0.2, 0) is 6.54 Å². The van der Waals surface area contributed by atoms with Crippen molar-refractivity contribution in [2.24, 2.45) is 5.92 Å². The molecule has 7 rings (SSSR count). The lowest BCUT2D eigenvalue weighted by Gasteiger charge is -2.11. The minimum Gasteiger partial charge on any atom is -0.472 e. The van der Waals surface area contributed by atoms with Crippen LogP contribution >= 0.6 is 0 Å². The van der Waals surface area contributed by atoms with Crippen LogP contribution in [0.1, 0.15) is 31.2 Å². The van der Waals surface area contributed by atoms with Crippen molar-refractivity contribution in [3.63, 3.8) is 0 Å². The first-order valence-electron chi connectivity index (χ1n) is 12.8. The highest BCUT2D eigenvalue weighted by Gasteiger charge is 2.17. The molecular weight excluding hydrogens is 462 g/mol. The topological polar surface area (TPSA) is 108 Å². The van der Waals surface area contributed by atoms with Gasteiger partial charge >= 0.3 is 0 Å². The summed E-state index contributed by atoms with van der Waals surface area (Å²) in [4.78, 5) is 17.1. The van der Waals surface area contributed by atoms with E-state index in [1.807, 2.05) is 30.7 Å². The molecule has 0 saturated heterocycles. The molecule has 0 radical (unpaired) electrons. The minimum absolute atomic E-state index is 0.739. The van der Waals surface area contributed by atoms with E-state index < -0.39 is 0 Å². The standard InChI is InChI=1S/C29H27N7O/c1-2-4-18(3-1)12-30-13-19-9-21(15-31-14-19)22-10-25-27(35-36-29(25)33-16-22)26-11-24-23(20-6-8-37-17-20)5-7-32-28(24)34-26/h5-11,14-18,30H,1-4,12-13H2,(H,32,34)(H,33,35,36). The molecule has 0 unspecified atom stereocenters. The molecule has 0 bridgehead atoms. The molecule has 0 atom stereocenters. The molecule has 0 aliphatic heterocycles. The zero-order chi connectivity index (χ0) is 24.6. The number of aromatic amines is 2. The van der Waals surface area contributed by atoms with Crippen molar-refractivity contribution >= 4 is 22.1 Å². The normalized spacial score (nSPS) is 14.3. The Balaban J connectivity index is 1.20. The van der Waals surface area contributed by atoms with E-state index in [0.29, 0.717) is 0 Å². The molecule has 3 N–H and O–H groups in total. The summed E-state index contributed by atoms with van der Waals surface area (Å²) in [7, 11) is 0. The Hall–Kier alpha value is -4.30. The van der Waals surface area contributed by atoms with Crippen LogP contribution in [-0.4, -0.2) is 36.7 Å². The van der Waals surface area contributed by atoms with Gasteiger partial charge in [0.2, 0.25) is 0 Å². The second-order valence-corrected chi connectivity index (χ2v) is 9.87. The van der Waals surface area contributed by atoms with Gasteiger partial charge < -0.3 is 14.7 Å². The number of pyridine rings is 3. The first-order valence-corrected chi connectivity index (χ1v) is 12.8. The second-order valence-electron chi connectivity index (χ2n) is 9.87. The SMILES string of the molecule is c1cc(-c2ccoc2)c2cc(-c3n[nH]c4ncc(-c5cncc(CNCC6CCCC6)c5)cc34)[nH]c2n1. The van der Waals surface area contributed by atoms with Crippen molar-refractivity contribution in [1.82, 2.24) is 35.5 Å². The lowest BCUT2D eigenvalue weighted by molar-refractivity contribution is 0.489. The summed E-state index contributed by atoms with van der Waals surface area (Å²) < 4.78 is 5.30. The maximum Gasteiger partial charge on any atom is 0.155 e. The largest absolute Gasteiger partial charge is 0.472 e. The molecule has 6 aromatic rings. The lowest BCUT2D eigenvalue weighted by Crippen LogP contribution is -2.20. The summed E-state index contributed by atoms with van der Waals surface area (Å²) in [5, 5.41) is 13.2. The molecule has 6 heterocycles. The van der Waals surface area contributed by atoms with Crippen LogP contribution in [0, 0.1) is 5.92 Å². The summed E-state index contributed by atoms with van der Waals surface area (Å²) in [5.41, 5.74) is 8.53. The molecule has 8 heteroatoms. The van der Waals surface area contributed by atoms with Gasteiger partial charge in [-0.15, -0.1) is 0 Å². The minimum atomic E-state index is 0.739. The summed E-state index contributed by atoms with van der Waals surface area (Å²) in [6, 6.07) is 10.4. The van der Waals surface area contributed by atoms with Gasteiger partial charge in [0.05, 0.1) is 18.2 Å². The van der Waals surface area contributed by atoms with Crippen molar-refractivity contribution in [2.45, 2.75) is 32.2 Å². The number of H-pyrrole nitrogens is 2. The molecule has 1 aliphatic rings. The van der Waals surface area contributed by atoms with Gasteiger partial charge in [-0.05, 0) is 66.8 Å². The predicted octanol–water partition coefficient (Wildman–Crippen LogP) is 6.10. The summed E-state index contributed by atoms with van der Waals surface area (Å²) >= 11 is 0. The lowest BCUT2D eigenvalue weighted by atomic mass is 10.0. The maximum atomic E-state index is 5.30. The number of hydrogen-bond donors (Lipinski definition) is 3. The van der Waals surface area contributed by atoms with E-state index in [4.69, 9.17) is 4.42 Å². The Bertz CT molecular complexity index is 1680. The van der Waals surface area contributed by atoms with Crippen molar-refractivity contribution in [1.29, 1.82) is 0 Å². The average molecular weight is 490 g/mol. The fraction of sp³-hybridized carbons (Fsp3) is 0.241. The van der Waals surface area contributed by atoms with Crippen LogP contribution in [0.25, 0.3) is 55.7 Å². The Morgan fingerprint density at radius 2 is 1.84 bits per heavy atom. The molecule has 0 aromatic carbocycles. The van der Waals surface area contributed by atoms with Crippen molar-refractivity contribution in [3.8, 4) is 33.6 Å². The smallest absolute Gasteiger partial charge is 0.155 e. The van der Waals surface area contributed by atoms with Crippen molar-refractivity contribution in [3.05, 3.63) is 73.2 Å². The molecule has 1 aliphatic carbocycles. The number of nitrogens with zero attached hydrogens (tertiary/aromatic N) is 4. The Labute approximate surface area is 213 Å². The number of rotatable bonds is 7. The maximum absolute atomic E-state index is 5.30. The highest BCUT2D eigenvalue weighted by atomic mass is 16.3. The third-order valence-corrected chi connectivity index (χ3v) is 7.40. The third-order valence-electron chi connectivity index (χ3n) is 7.40. The van der Waals surface area contributed by atoms with Crippen LogP contribution in [0.15, 0.2) is 72.1 Å².